The lowest BCUT2D eigenvalue weighted by Gasteiger charge is -2.11. The highest BCUT2D eigenvalue weighted by Crippen LogP contribution is 2.25. The van der Waals surface area contributed by atoms with Crippen molar-refractivity contribution in [2.45, 2.75) is 25.4 Å². The third kappa shape index (κ3) is 3.15. The van der Waals surface area contributed by atoms with E-state index in [1.807, 2.05) is 0 Å². The number of hydrogen-bond donors (Lipinski definition) is 3. The maximum absolute atomic E-state index is 11.9. The molecule has 4 nitrogen and oxygen atoms in total. The molecule has 2 rings (SSSR count). The molecule has 0 aliphatic heterocycles. The van der Waals surface area contributed by atoms with E-state index in [9.17, 15) is 15.0 Å². The van der Waals surface area contributed by atoms with Crippen LogP contribution in [-0.2, 0) is 0 Å². The molecule has 5 heteroatoms. The minimum atomic E-state index is -0.337. The average Bonchev–Trinajstić information content (AvgIpc) is 2.75. The van der Waals surface area contributed by atoms with Crippen LogP contribution in [0.3, 0.4) is 0 Å². The van der Waals surface area contributed by atoms with Crippen LogP contribution < -0.4 is 5.32 Å². The first kappa shape index (κ1) is 13.2. The molecule has 1 aliphatic carbocycles. The molecule has 18 heavy (non-hydrogen) atoms. The molecule has 1 amide bonds. The van der Waals surface area contributed by atoms with Gasteiger partial charge in [0.05, 0.1) is 11.7 Å². The van der Waals surface area contributed by atoms with Gasteiger partial charge in [0.1, 0.15) is 5.75 Å². The number of carbonyl (C=O) groups is 1. The third-order valence-corrected chi connectivity index (χ3v) is 3.50. The zero-order valence-electron chi connectivity index (χ0n) is 9.90. The quantitative estimate of drug-likeness (QED) is 0.785. The molecule has 0 radical (unpaired) electrons. The van der Waals surface area contributed by atoms with Gasteiger partial charge in [-0.1, -0.05) is 11.6 Å². The number of phenols is 1. The summed E-state index contributed by atoms with van der Waals surface area (Å²) in [4.78, 5) is 11.9. The second-order valence-electron chi connectivity index (χ2n) is 4.70. The van der Waals surface area contributed by atoms with E-state index >= 15 is 0 Å². The van der Waals surface area contributed by atoms with Gasteiger partial charge in [0.15, 0.2) is 0 Å². The fourth-order valence-corrected chi connectivity index (χ4v) is 2.43. The number of aliphatic hydroxyl groups excluding tert-OH is 1. The molecule has 0 saturated heterocycles. The zero-order chi connectivity index (χ0) is 13.1. The number of rotatable bonds is 3. The highest BCUT2D eigenvalue weighted by atomic mass is 35.5. The van der Waals surface area contributed by atoms with E-state index in [0.717, 1.165) is 19.3 Å². The number of aromatic hydroxyl groups is 1. The molecule has 0 heterocycles. The first-order valence-electron chi connectivity index (χ1n) is 6.01. The van der Waals surface area contributed by atoms with E-state index in [2.05, 4.69) is 5.32 Å². The van der Waals surface area contributed by atoms with Gasteiger partial charge in [0, 0.05) is 11.6 Å². The lowest BCUT2D eigenvalue weighted by atomic mass is 10.1. The van der Waals surface area contributed by atoms with Gasteiger partial charge in [-0.25, -0.2) is 0 Å². The minimum absolute atomic E-state index is 0.0802. The zero-order valence-corrected chi connectivity index (χ0v) is 10.7. The van der Waals surface area contributed by atoms with E-state index in [1.165, 1.54) is 18.2 Å². The third-order valence-electron chi connectivity index (χ3n) is 3.27. The molecule has 0 spiro atoms. The Morgan fingerprint density at radius 2 is 2.22 bits per heavy atom. The first-order valence-corrected chi connectivity index (χ1v) is 6.39. The maximum atomic E-state index is 11.9. The fraction of sp³-hybridized carbons (Fsp3) is 0.462. The van der Waals surface area contributed by atoms with Crippen molar-refractivity contribution in [2.24, 2.45) is 5.92 Å². The normalized spacial score (nSPS) is 23.0. The fourth-order valence-electron chi connectivity index (χ4n) is 2.26. The number of benzene rings is 1. The van der Waals surface area contributed by atoms with Crippen LogP contribution >= 0.6 is 11.6 Å². The Morgan fingerprint density at radius 3 is 2.89 bits per heavy atom. The van der Waals surface area contributed by atoms with E-state index in [4.69, 9.17) is 11.6 Å². The smallest absolute Gasteiger partial charge is 0.255 e. The van der Waals surface area contributed by atoms with Crippen molar-refractivity contribution in [3.8, 4) is 5.75 Å². The summed E-state index contributed by atoms with van der Waals surface area (Å²) in [7, 11) is 0. The molecule has 2 atom stereocenters. The molecule has 3 N–H and O–H groups in total. The summed E-state index contributed by atoms with van der Waals surface area (Å²) in [6.45, 7) is 0.516. The van der Waals surface area contributed by atoms with Gasteiger partial charge in [-0.15, -0.1) is 0 Å². The van der Waals surface area contributed by atoms with Crippen molar-refractivity contribution in [3.63, 3.8) is 0 Å². The number of aliphatic hydroxyl groups is 1. The highest BCUT2D eigenvalue weighted by Gasteiger charge is 2.23. The minimum Gasteiger partial charge on any atom is -0.507 e. The van der Waals surface area contributed by atoms with Crippen LogP contribution in [0.2, 0.25) is 5.02 Å². The summed E-state index contributed by atoms with van der Waals surface area (Å²) in [5.74, 6) is -0.106. The predicted octanol–water partition coefficient (Wildman–Crippen LogP) is 1.94. The Balaban J connectivity index is 1.93. The van der Waals surface area contributed by atoms with Gasteiger partial charge < -0.3 is 15.5 Å². The summed E-state index contributed by atoms with van der Waals surface area (Å²) in [6, 6.07) is 4.37. The van der Waals surface area contributed by atoms with Crippen LogP contribution in [0.25, 0.3) is 0 Å². The Kier molecular flexibility index (Phi) is 4.09. The highest BCUT2D eigenvalue weighted by molar-refractivity contribution is 6.31. The van der Waals surface area contributed by atoms with Gasteiger partial charge in [-0.05, 0) is 43.4 Å². The van der Waals surface area contributed by atoms with Crippen molar-refractivity contribution in [3.05, 3.63) is 28.8 Å². The van der Waals surface area contributed by atoms with Gasteiger partial charge >= 0.3 is 0 Å². The molecular formula is C13H16ClNO3. The first-order chi connectivity index (χ1) is 8.56. The Bertz CT molecular complexity index is 450. The average molecular weight is 270 g/mol. The van der Waals surface area contributed by atoms with Crippen LogP contribution in [0.15, 0.2) is 18.2 Å². The number of hydrogen-bond acceptors (Lipinski definition) is 3. The summed E-state index contributed by atoms with van der Waals surface area (Å²) in [5, 5.41) is 22.1. The molecule has 0 bridgehead atoms. The standard InChI is InChI=1S/C13H16ClNO3/c14-9-2-4-12(17)11(6-9)13(18)15-7-8-1-3-10(16)5-8/h2,4,6,8,10,16-17H,1,3,5,7H2,(H,15,18). The molecule has 1 aliphatic rings. The lowest BCUT2D eigenvalue weighted by molar-refractivity contribution is 0.0942. The second-order valence-corrected chi connectivity index (χ2v) is 5.14. The molecule has 1 saturated carbocycles. The van der Waals surface area contributed by atoms with Crippen LogP contribution in [0.4, 0.5) is 0 Å². The van der Waals surface area contributed by atoms with E-state index in [0.29, 0.717) is 17.5 Å². The molecule has 98 valence electrons. The largest absolute Gasteiger partial charge is 0.507 e. The molecule has 2 unspecified atom stereocenters. The van der Waals surface area contributed by atoms with Crippen LogP contribution in [-0.4, -0.2) is 28.8 Å². The SMILES string of the molecule is O=C(NCC1CCC(O)C1)c1cc(Cl)ccc1O. The molecule has 1 aromatic carbocycles. The van der Waals surface area contributed by atoms with E-state index < -0.39 is 0 Å². The van der Waals surface area contributed by atoms with Crippen molar-refractivity contribution in [1.82, 2.24) is 5.32 Å². The monoisotopic (exact) mass is 269 g/mol. The molecule has 0 aromatic heterocycles. The Morgan fingerprint density at radius 1 is 1.44 bits per heavy atom. The maximum Gasteiger partial charge on any atom is 0.255 e. The number of nitrogens with one attached hydrogen (secondary N) is 1. The lowest BCUT2D eigenvalue weighted by Crippen LogP contribution is -2.28. The van der Waals surface area contributed by atoms with Crippen LogP contribution in [0, 0.1) is 5.92 Å². The van der Waals surface area contributed by atoms with Gasteiger partial charge in [-0.2, -0.15) is 0 Å². The number of halogens is 1. The Labute approximate surface area is 111 Å². The topological polar surface area (TPSA) is 69.6 Å². The summed E-state index contributed by atoms with van der Waals surface area (Å²) < 4.78 is 0. The van der Waals surface area contributed by atoms with E-state index in [1.54, 1.807) is 0 Å². The van der Waals surface area contributed by atoms with Crippen LogP contribution in [0.5, 0.6) is 5.75 Å². The Hall–Kier alpha value is -1.26. The molecule has 1 fully saturated rings. The van der Waals surface area contributed by atoms with Gasteiger partial charge in [-0.3, -0.25) is 4.79 Å². The number of carbonyl (C=O) groups excluding carboxylic acids is 1. The molecule has 1 aromatic rings. The summed E-state index contributed by atoms with van der Waals surface area (Å²) in [5.41, 5.74) is 0.182. The summed E-state index contributed by atoms with van der Waals surface area (Å²) in [6.07, 6.45) is 2.19. The van der Waals surface area contributed by atoms with E-state index in [-0.39, 0.29) is 23.3 Å². The summed E-state index contributed by atoms with van der Waals surface area (Å²) >= 11 is 5.78. The number of amides is 1. The van der Waals surface area contributed by atoms with Crippen molar-refractivity contribution >= 4 is 17.5 Å². The number of phenolic OH excluding ortho intramolecular Hbond substituents is 1. The van der Waals surface area contributed by atoms with Gasteiger partial charge in [0.2, 0.25) is 0 Å². The second kappa shape index (κ2) is 5.59. The molecular weight excluding hydrogens is 254 g/mol. The predicted molar refractivity (Wildman–Crippen MR) is 68.8 cm³/mol. The van der Waals surface area contributed by atoms with Crippen molar-refractivity contribution in [1.29, 1.82) is 0 Å². The van der Waals surface area contributed by atoms with Crippen molar-refractivity contribution < 1.29 is 15.0 Å². The van der Waals surface area contributed by atoms with Crippen molar-refractivity contribution in [2.75, 3.05) is 6.54 Å². The van der Waals surface area contributed by atoms with Gasteiger partial charge in [0.25, 0.3) is 5.91 Å². The van der Waals surface area contributed by atoms with Crippen LogP contribution in [0.1, 0.15) is 29.6 Å².